The van der Waals surface area contributed by atoms with Crippen molar-refractivity contribution in [2.24, 2.45) is 0 Å². The summed E-state index contributed by atoms with van der Waals surface area (Å²) in [5.41, 5.74) is 0. The Morgan fingerprint density at radius 3 is 0.593 bits per heavy atom. The fourth-order valence-electron chi connectivity index (χ4n) is 8.39. The third kappa shape index (κ3) is 39.3. The van der Waals surface area contributed by atoms with Gasteiger partial charge in [-0.3, -0.25) is 0 Å². The average molecular weight is 754 g/mol. The molecule has 1 aromatic heterocycles. The summed E-state index contributed by atoms with van der Waals surface area (Å²) in [4.78, 5) is 13.8. The van der Waals surface area contributed by atoms with E-state index in [1.807, 2.05) is 0 Å². The molecule has 1 aromatic rings. The molecule has 0 unspecified atom stereocenters. The molecule has 0 fully saturated rings. The lowest BCUT2D eigenvalue weighted by Crippen LogP contribution is -2.02. The molecule has 0 amide bonds. The van der Waals surface area contributed by atoms with E-state index in [1.165, 1.54) is 283 Å². The Kier molecular flexibility index (Phi) is 42.3. The quantitative estimate of drug-likeness (QED) is 0.0622. The molecule has 0 bridgehead atoms. The maximum Gasteiger partial charge on any atom is 0.132 e. The van der Waals surface area contributed by atoms with Crippen molar-refractivity contribution >= 4 is 0 Å². The second kappa shape index (κ2) is 44.7. The van der Waals surface area contributed by atoms with Gasteiger partial charge in [-0.05, 0) is 12.8 Å². The Labute approximate surface area is 341 Å². The van der Waals surface area contributed by atoms with Crippen LogP contribution in [0.5, 0.6) is 0 Å². The minimum absolute atomic E-state index is 1.02. The number of hydrogen-bond acceptors (Lipinski definition) is 3. The van der Waals surface area contributed by atoms with Crippen LogP contribution in [-0.4, -0.2) is 15.0 Å². The van der Waals surface area contributed by atoms with Gasteiger partial charge in [0.1, 0.15) is 18.0 Å². The first-order chi connectivity index (χ1) is 26.9. The van der Waals surface area contributed by atoms with Crippen molar-refractivity contribution in [2.75, 3.05) is 0 Å². The van der Waals surface area contributed by atoms with Gasteiger partial charge in [0.25, 0.3) is 0 Å². The highest BCUT2D eigenvalue weighted by atomic mass is 15.0. The van der Waals surface area contributed by atoms with Gasteiger partial charge in [-0.2, -0.15) is 0 Å². The van der Waals surface area contributed by atoms with Crippen LogP contribution in [-0.2, 0) is 12.8 Å². The monoisotopic (exact) mass is 754 g/mol. The SMILES string of the molecule is CCCCCCCCCCCCCCCCCCCCCCCCc1ncnc(CCCCCCCCCCCCCCCCCCCCCCCC)n1. The van der Waals surface area contributed by atoms with Crippen molar-refractivity contribution in [3.05, 3.63) is 18.0 Å². The van der Waals surface area contributed by atoms with E-state index >= 15 is 0 Å². The Bertz CT molecular complexity index is 761. The molecule has 0 radical (unpaired) electrons. The molecule has 0 aromatic carbocycles. The lowest BCUT2D eigenvalue weighted by atomic mass is 10.0. The van der Waals surface area contributed by atoms with Crippen LogP contribution >= 0.6 is 0 Å². The molecule has 0 atom stereocenters. The number of rotatable bonds is 46. The number of unbranched alkanes of at least 4 members (excludes halogenated alkanes) is 42. The highest BCUT2D eigenvalue weighted by Crippen LogP contribution is 2.18. The van der Waals surface area contributed by atoms with Crippen molar-refractivity contribution in [3.63, 3.8) is 0 Å². The van der Waals surface area contributed by atoms with Gasteiger partial charge in [0, 0.05) is 12.8 Å². The minimum atomic E-state index is 1.02. The van der Waals surface area contributed by atoms with Crippen molar-refractivity contribution < 1.29 is 0 Å². The molecular weight excluding hydrogens is 655 g/mol. The fraction of sp³-hybridized carbons (Fsp3) is 0.941. The molecule has 0 aliphatic carbocycles. The highest BCUT2D eigenvalue weighted by Gasteiger charge is 2.03. The van der Waals surface area contributed by atoms with Gasteiger partial charge < -0.3 is 0 Å². The van der Waals surface area contributed by atoms with E-state index in [4.69, 9.17) is 4.98 Å². The van der Waals surface area contributed by atoms with E-state index in [0.717, 1.165) is 24.5 Å². The van der Waals surface area contributed by atoms with E-state index in [0.29, 0.717) is 0 Å². The van der Waals surface area contributed by atoms with Crippen LogP contribution in [0.4, 0.5) is 0 Å². The van der Waals surface area contributed by atoms with Gasteiger partial charge in [-0.1, -0.05) is 284 Å². The first-order valence-corrected chi connectivity index (χ1v) is 25.5. The van der Waals surface area contributed by atoms with Gasteiger partial charge in [-0.15, -0.1) is 0 Å². The standard InChI is InChI=1S/C51H99N3/c1-3-5-7-9-11-13-15-17-19-21-23-25-27-29-31-33-35-37-39-41-43-45-47-50-52-49-53-51(54-50)48-46-44-42-40-38-36-34-32-30-28-26-24-22-20-18-16-14-12-10-8-6-4-2/h49H,3-48H2,1-2H3. The Balaban J connectivity index is 1.78. The molecule has 0 spiro atoms. The zero-order valence-electron chi connectivity index (χ0n) is 37.4. The Morgan fingerprint density at radius 2 is 0.407 bits per heavy atom. The van der Waals surface area contributed by atoms with Gasteiger partial charge in [-0.25, -0.2) is 15.0 Å². The van der Waals surface area contributed by atoms with Crippen LogP contribution < -0.4 is 0 Å². The largest absolute Gasteiger partial charge is 0.221 e. The third-order valence-electron chi connectivity index (χ3n) is 12.2. The molecule has 0 saturated heterocycles. The van der Waals surface area contributed by atoms with E-state index in [2.05, 4.69) is 23.8 Å². The molecule has 0 aliphatic heterocycles. The highest BCUT2D eigenvalue weighted by molar-refractivity contribution is 4.91. The molecule has 3 heteroatoms. The van der Waals surface area contributed by atoms with E-state index in [-0.39, 0.29) is 0 Å². The van der Waals surface area contributed by atoms with Crippen LogP contribution in [0.3, 0.4) is 0 Å². The normalized spacial score (nSPS) is 11.6. The maximum absolute atomic E-state index is 4.80. The lowest BCUT2D eigenvalue weighted by Gasteiger charge is -2.05. The van der Waals surface area contributed by atoms with Crippen LogP contribution in [0.2, 0.25) is 0 Å². The van der Waals surface area contributed by atoms with Gasteiger partial charge in [0.05, 0.1) is 0 Å². The molecular formula is C51H99N3. The van der Waals surface area contributed by atoms with Crippen LogP contribution in [0.25, 0.3) is 0 Å². The summed E-state index contributed by atoms with van der Waals surface area (Å²) < 4.78 is 0. The first kappa shape index (κ1) is 51.0. The van der Waals surface area contributed by atoms with Crippen molar-refractivity contribution in [1.29, 1.82) is 0 Å². The summed E-state index contributed by atoms with van der Waals surface area (Å²) in [5.74, 6) is 2.04. The third-order valence-corrected chi connectivity index (χ3v) is 12.2. The molecule has 0 aliphatic rings. The molecule has 3 nitrogen and oxygen atoms in total. The van der Waals surface area contributed by atoms with Crippen LogP contribution in [0, 0.1) is 0 Å². The molecule has 1 heterocycles. The first-order valence-electron chi connectivity index (χ1n) is 25.5. The van der Waals surface area contributed by atoms with Crippen molar-refractivity contribution in [2.45, 2.75) is 309 Å². The number of aromatic nitrogens is 3. The summed E-state index contributed by atoms with van der Waals surface area (Å²) in [6.07, 6.45) is 66.9. The number of hydrogen-bond donors (Lipinski definition) is 0. The zero-order chi connectivity index (χ0) is 38.5. The Morgan fingerprint density at radius 1 is 0.241 bits per heavy atom. The van der Waals surface area contributed by atoms with Crippen LogP contribution in [0.1, 0.15) is 308 Å². The molecule has 54 heavy (non-hydrogen) atoms. The topological polar surface area (TPSA) is 38.7 Å². The maximum atomic E-state index is 4.80. The van der Waals surface area contributed by atoms with E-state index in [9.17, 15) is 0 Å². The van der Waals surface area contributed by atoms with Crippen LogP contribution in [0.15, 0.2) is 6.33 Å². The second-order valence-electron chi connectivity index (χ2n) is 17.7. The summed E-state index contributed by atoms with van der Waals surface area (Å²) in [7, 11) is 0. The van der Waals surface area contributed by atoms with Gasteiger partial charge in [0.2, 0.25) is 0 Å². The van der Waals surface area contributed by atoms with Gasteiger partial charge in [0.15, 0.2) is 0 Å². The number of aryl methyl sites for hydroxylation is 2. The second-order valence-corrected chi connectivity index (χ2v) is 17.7. The zero-order valence-corrected chi connectivity index (χ0v) is 37.4. The average Bonchev–Trinajstić information content (AvgIpc) is 3.19. The predicted octanol–water partition coefficient (Wildman–Crippen LogP) is 18.2. The number of nitrogens with zero attached hydrogens (tertiary/aromatic N) is 3. The minimum Gasteiger partial charge on any atom is -0.221 e. The molecule has 318 valence electrons. The summed E-state index contributed by atoms with van der Waals surface area (Å²) in [5, 5.41) is 0. The molecule has 1 rings (SSSR count). The van der Waals surface area contributed by atoms with E-state index < -0.39 is 0 Å². The summed E-state index contributed by atoms with van der Waals surface area (Å²) in [6, 6.07) is 0. The fourth-order valence-corrected chi connectivity index (χ4v) is 8.39. The van der Waals surface area contributed by atoms with Crippen molar-refractivity contribution in [3.8, 4) is 0 Å². The summed E-state index contributed by atoms with van der Waals surface area (Å²) in [6.45, 7) is 4.61. The predicted molar refractivity (Wildman–Crippen MR) is 242 cm³/mol. The smallest absolute Gasteiger partial charge is 0.132 e. The van der Waals surface area contributed by atoms with Crippen molar-refractivity contribution in [1.82, 2.24) is 15.0 Å². The molecule has 0 saturated carbocycles. The van der Waals surface area contributed by atoms with Gasteiger partial charge >= 0.3 is 0 Å². The molecule has 0 N–H and O–H groups in total. The van der Waals surface area contributed by atoms with E-state index in [1.54, 1.807) is 6.33 Å². The summed E-state index contributed by atoms with van der Waals surface area (Å²) >= 11 is 0. The lowest BCUT2D eigenvalue weighted by molar-refractivity contribution is 0.518. The Hall–Kier alpha value is -0.990.